The van der Waals surface area contributed by atoms with Crippen LogP contribution >= 0.6 is 11.3 Å². The van der Waals surface area contributed by atoms with Crippen molar-refractivity contribution in [1.82, 2.24) is 20.3 Å². The molecule has 3 heterocycles. The Morgan fingerprint density at radius 3 is 2.69 bits per heavy atom. The van der Waals surface area contributed by atoms with E-state index in [9.17, 15) is 4.79 Å². The summed E-state index contributed by atoms with van der Waals surface area (Å²) in [6.45, 7) is 2.46. The van der Waals surface area contributed by atoms with Gasteiger partial charge in [-0.25, -0.2) is 14.8 Å². The van der Waals surface area contributed by atoms with Crippen LogP contribution in [0.15, 0.2) is 60.9 Å². The molecule has 0 saturated heterocycles. The van der Waals surface area contributed by atoms with Gasteiger partial charge in [-0.15, -0.1) is 0 Å². The molecule has 2 N–H and O–H groups in total. The van der Waals surface area contributed by atoms with E-state index in [0.29, 0.717) is 11.7 Å². The molecule has 0 aliphatic heterocycles. The van der Waals surface area contributed by atoms with Crippen LogP contribution in [0.4, 0.5) is 21.4 Å². The highest BCUT2D eigenvalue weighted by atomic mass is 32.1. The summed E-state index contributed by atoms with van der Waals surface area (Å²) in [6.07, 6.45) is 3.41. The number of aryl methyl sites for hydroxylation is 1. The second kappa shape index (κ2) is 8.24. The summed E-state index contributed by atoms with van der Waals surface area (Å²) in [6, 6.07) is 15.5. The Labute approximate surface area is 172 Å². The number of anilines is 3. The molecule has 0 unspecified atom stereocenters. The highest BCUT2D eigenvalue weighted by Gasteiger charge is 2.11. The summed E-state index contributed by atoms with van der Waals surface area (Å²) in [5.74, 6) is 0.817. The highest BCUT2D eigenvalue weighted by Crippen LogP contribution is 2.29. The number of nitrogens with zero attached hydrogens (tertiary/aromatic N) is 4. The van der Waals surface area contributed by atoms with Gasteiger partial charge < -0.3 is 10.2 Å². The van der Waals surface area contributed by atoms with Crippen LogP contribution in [0.2, 0.25) is 0 Å². The summed E-state index contributed by atoms with van der Waals surface area (Å²) in [7, 11) is 1.98. The van der Waals surface area contributed by atoms with Gasteiger partial charge in [-0.3, -0.25) is 10.3 Å². The van der Waals surface area contributed by atoms with Gasteiger partial charge in [0.1, 0.15) is 16.2 Å². The van der Waals surface area contributed by atoms with Gasteiger partial charge in [0, 0.05) is 31.7 Å². The molecule has 0 bridgehead atoms. The van der Waals surface area contributed by atoms with Crippen LogP contribution in [0, 0.1) is 6.92 Å². The normalized spacial score (nSPS) is 10.7. The number of fused-ring (bicyclic) bond motifs is 1. The van der Waals surface area contributed by atoms with Crippen LogP contribution in [0.5, 0.6) is 0 Å². The Morgan fingerprint density at radius 1 is 1.10 bits per heavy atom. The number of hydrogen-bond donors (Lipinski definition) is 2. The number of carbonyl (C=O) groups is 1. The van der Waals surface area contributed by atoms with Crippen molar-refractivity contribution in [3.63, 3.8) is 0 Å². The highest BCUT2D eigenvalue weighted by molar-refractivity contribution is 7.22. The van der Waals surface area contributed by atoms with Crippen molar-refractivity contribution >= 4 is 44.4 Å². The third kappa shape index (κ3) is 4.49. The van der Waals surface area contributed by atoms with Crippen LogP contribution < -0.4 is 15.5 Å². The first kappa shape index (κ1) is 18.8. The number of hydrogen-bond acceptors (Lipinski definition) is 6. The third-order valence-electron chi connectivity index (χ3n) is 4.40. The lowest BCUT2D eigenvalue weighted by Gasteiger charge is -2.18. The molecule has 7 nitrogen and oxygen atoms in total. The smallest absolute Gasteiger partial charge is 0.321 e. The van der Waals surface area contributed by atoms with E-state index in [2.05, 4.69) is 51.8 Å². The van der Waals surface area contributed by atoms with Gasteiger partial charge in [-0.2, -0.15) is 0 Å². The Bertz CT molecular complexity index is 1130. The fraction of sp³-hybridized carbons (Fsp3) is 0.143. The standard InChI is InChI=1S/C21H20N6OS/c1-14-5-7-16(8-6-14)27(2)18-10-9-17-19(25-18)29-21(24-17)26-20(28)23-13-15-4-3-11-22-12-15/h3-12H,13H2,1-2H3,(H2,23,24,26,28). The lowest BCUT2D eigenvalue weighted by Crippen LogP contribution is -2.28. The van der Waals surface area contributed by atoms with Gasteiger partial charge >= 0.3 is 6.03 Å². The number of thiazole rings is 1. The molecule has 0 saturated carbocycles. The van der Waals surface area contributed by atoms with Crippen LogP contribution in [-0.2, 0) is 6.54 Å². The number of nitrogens with one attached hydrogen (secondary N) is 2. The summed E-state index contributed by atoms with van der Waals surface area (Å²) in [5, 5.41) is 6.07. The molecule has 0 spiro atoms. The van der Waals surface area contributed by atoms with Crippen LogP contribution in [0.1, 0.15) is 11.1 Å². The summed E-state index contributed by atoms with van der Waals surface area (Å²) >= 11 is 1.34. The topological polar surface area (TPSA) is 83.0 Å². The molecule has 146 valence electrons. The third-order valence-corrected chi connectivity index (χ3v) is 5.28. The van der Waals surface area contributed by atoms with Gasteiger partial charge in [0.25, 0.3) is 0 Å². The molecule has 3 aromatic heterocycles. The predicted molar refractivity (Wildman–Crippen MR) is 117 cm³/mol. The molecule has 4 rings (SSSR count). The lowest BCUT2D eigenvalue weighted by atomic mass is 10.2. The Hall–Kier alpha value is -3.52. The van der Waals surface area contributed by atoms with Crippen LogP contribution in [0.3, 0.4) is 0 Å². The molecule has 8 heteroatoms. The fourth-order valence-corrected chi connectivity index (χ4v) is 3.60. The summed E-state index contributed by atoms with van der Waals surface area (Å²) < 4.78 is 0. The molecule has 4 aromatic rings. The first-order chi connectivity index (χ1) is 14.1. The van der Waals surface area contributed by atoms with E-state index in [1.807, 2.05) is 36.2 Å². The van der Waals surface area contributed by atoms with Crippen molar-refractivity contribution in [1.29, 1.82) is 0 Å². The number of aromatic nitrogens is 3. The number of rotatable bonds is 5. The van der Waals surface area contributed by atoms with Crippen molar-refractivity contribution in [2.45, 2.75) is 13.5 Å². The molecule has 0 fully saturated rings. The van der Waals surface area contributed by atoms with Crippen LogP contribution in [0.25, 0.3) is 10.3 Å². The fourth-order valence-electron chi connectivity index (χ4n) is 2.77. The molecule has 0 aliphatic carbocycles. The Morgan fingerprint density at radius 2 is 1.93 bits per heavy atom. The van der Waals surface area contributed by atoms with E-state index in [-0.39, 0.29) is 6.03 Å². The maximum atomic E-state index is 12.1. The zero-order valence-electron chi connectivity index (χ0n) is 16.1. The average molecular weight is 404 g/mol. The monoisotopic (exact) mass is 404 g/mol. The molecular formula is C21H20N6OS. The van der Waals surface area contributed by atoms with Crippen molar-refractivity contribution in [3.8, 4) is 0 Å². The Kier molecular flexibility index (Phi) is 5.35. The van der Waals surface area contributed by atoms with Gasteiger partial charge in [0.2, 0.25) is 0 Å². The molecule has 29 heavy (non-hydrogen) atoms. The van der Waals surface area contributed by atoms with E-state index >= 15 is 0 Å². The van der Waals surface area contributed by atoms with E-state index < -0.39 is 0 Å². The summed E-state index contributed by atoms with van der Waals surface area (Å²) in [5.41, 5.74) is 3.95. The maximum absolute atomic E-state index is 12.1. The van der Waals surface area contributed by atoms with Gasteiger partial charge in [-0.1, -0.05) is 35.1 Å². The zero-order chi connectivity index (χ0) is 20.2. The first-order valence-corrected chi connectivity index (χ1v) is 9.92. The lowest BCUT2D eigenvalue weighted by molar-refractivity contribution is 0.251. The minimum Gasteiger partial charge on any atom is -0.334 e. The number of pyridine rings is 2. The van der Waals surface area contributed by atoms with Crippen molar-refractivity contribution in [2.24, 2.45) is 0 Å². The molecular weight excluding hydrogens is 384 g/mol. The molecule has 0 atom stereocenters. The second-order valence-corrected chi connectivity index (χ2v) is 7.55. The van der Waals surface area contributed by atoms with Gasteiger partial charge in [-0.05, 0) is 42.8 Å². The average Bonchev–Trinajstić information content (AvgIpc) is 3.14. The molecule has 1 aromatic carbocycles. The second-order valence-electron chi connectivity index (χ2n) is 6.58. The first-order valence-electron chi connectivity index (χ1n) is 9.10. The van der Waals surface area contributed by atoms with Gasteiger partial charge in [0.15, 0.2) is 5.13 Å². The van der Waals surface area contributed by atoms with Crippen molar-refractivity contribution < 1.29 is 4.79 Å². The minimum atomic E-state index is -0.315. The molecule has 2 amide bonds. The van der Waals surface area contributed by atoms with E-state index in [1.54, 1.807) is 12.4 Å². The van der Waals surface area contributed by atoms with E-state index in [0.717, 1.165) is 27.4 Å². The zero-order valence-corrected chi connectivity index (χ0v) is 16.9. The quantitative estimate of drug-likeness (QED) is 0.512. The number of urea groups is 1. The number of carbonyl (C=O) groups excluding carboxylic acids is 1. The predicted octanol–water partition coefficient (Wildman–Crippen LogP) is 4.48. The SMILES string of the molecule is Cc1ccc(N(C)c2ccc3nc(NC(=O)NCc4cccnc4)sc3n2)cc1. The van der Waals surface area contributed by atoms with E-state index in [1.165, 1.54) is 16.9 Å². The summed E-state index contributed by atoms with van der Waals surface area (Å²) in [4.78, 5) is 28.1. The maximum Gasteiger partial charge on any atom is 0.321 e. The number of amides is 2. The molecule has 0 aliphatic rings. The largest absolute Gasteiger partial charge is 0.334 e. The van der Waals surface area contributed by atoms with Crippen molar-refractivity contribution in [2.75, 3.05) is 17.3 Å². The number of benzene rings is 1. The van der Waals surface area contributed by atoms with Crippen LogP contribution in [-0.4, -0.2) is 28.0 Å². The van der Waals surface area contributed by atoms with Crippen molar-refractivity contribution in [3.05, 3.63) is 72.1 Å². The molecule has 0 radical (unpaired) electrons. The van der Waals surface area contributed by atoms with Gasteiger partial charge in [0.05, 0.1) is 0 Å². The van der Waals surface area contributed by atoms with E-state index in [4.69, 9.17) is 4.98 Å². The Balaban J connectivity index is 1.45. The minimum absolute atomic E-state index is 0.315.